The van der Waals surface area contributed by atoms with Crippen molar-refractivity contribution in [3.63, 3.8) is 0 Å². The molecule has 31 heavy (non-hydrogen) atoms. The minimum atomic E-state index is -4.92. The first kappa shape index (κ1) is 24.2. The van der Waals surface area contributed by atoms with Crippen molar-refractivity contribution >= 4 is 27.2 Å². The summed E-state index contributed by atoms with van der Waals surface area (Å²) in [5.41, 5.74) is 5.38. The van der Waals surface area contributed by atoms with Gasteiger partial charge in [-0.15, -0.1) is 13.2 Å². The average molecular weight is 462 g/mol. The molecule has 0 aliphatic carbocycles. The molecule has 9 nitrogen and oxygen atoms in total. The molecule has 0 spiro atoms. The van der Waals surface area contributed by atoms with Gasteiger partial charge in [-0.25, -0.2) is 13.4 Å². The predicted molar refractivity (Wildman–Crippen MR) is 106 cm³/mol. The second-order valence-corrected chi connectivity index (χ2v) is 8.64. The van der Waals surface area contributed by atoms with E-state index in [9.17, 15) is 31.5 Å². The van der Waals surface area contributed by atoms with Gasteiger partial charge in [0.15, 0.2) is 5.69 Å². The highest BCUT2D eigenvalue weighted by atomic mass is 32.2. The van der Waals surface area contributed by atoms with Gasteiger partial charge in [0.05, 0.1) is 16.7 Å². The number of benzene rings is 1. The van der Waals surface area contributed by atoms with Crippen LogP contribution < -0.4 is 20.7 Å². The van der Waals surface area contributed by atoms with Gasteiger partial charge in [-0.1, -0.05) is 0 Å². The SMILES string of the molecule is C[C@H](O)CNC(=O)c1nc(N(C)C)c(S(=O)(=O)c2ccc(OC(F)(F)F)cc2)cc1N. The van der Waals surface area contributed by atoms with Crippen molar-refractivity contribution in [3.8, 4) is 5.75 Å². The first-order chi connectivity index (χ1) is 14.2. The van der Waals surface area contributed by atoms with Crippen LogP contribution >= 0.6 is 0 Å². The lowest BCUT2D eigenvalue weighted by molar-refractivity contribution is -0.274. The lowest BCUT2D eigenvalue weighted by Gasteiger charge is -2.19. The molecule has 0 aliphatic heterocycles. The zero-order chi connectivity index (χ0) is 23.6. The summed E-state index contributed by atoms with van der Waals surface area (Å²) in [6.45, 7) is 1.40. The van der Waals surface area contributed by atoms with Crippen molar-refractivity contribution in [1.82, 2.24) is 10.3 Å². The minimum Gasteiger partial charge on any atom is -0.406 e. The third-order valence-electron chi connectivity index (χ3n) is 3.85. The van der Waals surface area contributed by atoms with E-state index in [1.807, 2.05) is 0 Å². The second kappa shape index (κ2) is 8.98. The zero-order valence-corrected chi connectivity index (χ0v) is 17.6. The number of alkyl halides is 3. The van der Waals surface area contributed by atoms with Gasteiger partial charge in [0, 0.05) is 20.6 Å². The molecular formula is C18H21F3N4O5S. The summed E-state index contributed by atoms with van der Waals surface area (Å²) in [4.78, 5) is 17.0. The number of nitrogens with one attached hydrogen (secondary N) is 1. The van der Waals surface area contributed by atoms with Gasteiger partial charge in [0.2, 0.25) is 9.84 Å². The summed E-state index contributed by atoms with van der Waals surface area (Å²) in [6.07, 6.45) is -5.73. The van der Waals surface area contributed by atoms with Crippen LogP contribution in [-0.2, 0) is 9.84 Å². The van der Waals surface area contributed by atoms with Gasteiger partial charge in [0.1, 0.15) is 16.5 Å². The summed E-state index contributed by atoms with van der Waals surface area (Å²) < 4.78 is 66.9. The number of amides is 1. The van der Waals surface area contributed by atoms with E-state index < -0.39 is 34.0 Å². The summed E-state index contributed by atoms with van der Waals surface area (Å²) in [5, 5.41) is 11.7. The number of sulfone groups is 1. The van der Waals surface area contributed by atoms with Gasteiger partial charge in [-0.05, 0) is 37.3 Å². The molecule has 13 heteroatoms. The number of rotatable bonds is 7. The highest BCUT2D eigenvalue weighted by molar-refractivity contribution is 7.91. The number of aromatic nitrogens is 1. The number of carbonyl (C=O) groups is 1. The highest BCUT2D eigenvalue weighted by Crippen LogP contribution is 2.32. The lowest BCUT2D eigenvalue weighted by Crippen LogP contribution is -2.32. The van der Waals surface area contributed by atoms with Crippen LogP contribution in [0.2, 0.25) is 0 Å². The number of pyridine rings is 1. The van der Waals surface area contributed by atoms with E-state index in [1.165, 1.54) is 25.9 Å². The van der Waals surface area contributed by atoms with Gasteiger partial charge in [0.25, 0.3) is 5.91 Å². The molecule has 0 fully saturated rings. The molecule has 170 valence electrons. The highest BCUT2D eigenvalue weighted by Gasteiger charge is 2.32. The number of anilines is 2. The lowest BCUT2D eigenvalue weighted by atomic mass is 10.2. The molecule has 1 atom stereocenters. The van der Waals surface area contributed by atoms with Crippen molar-refractivity contribution in [2.45, 2.75) is 29.2 Å². The smallest absolute Gasteiger partial charge is 0.406 e. The van der Waals surface area contributed by atoms with Crippen LogP contribution in [0.15, 0.2) is 40.1 Å². The maximum atomic E-state index is 13.1. The molecule has 0 radical (unpaired) electrons. The molecule has 2 aromatic rings. The van der Waals surface area contributed by atoms with Gasteiger partial charge < -0.3 is 25.8 Å². The third kappa shape index (κ3) is 5.98. The normalized spacial score (nSPS) is 12.9. The first-order valence-corrected chi connectivity index (χ1v) is 10.3. The summed E-state index contributed by atoms with van der Waals surface area (Å²) in [6, 6.07) is 4.69. The van der Waals surface area contributed by atoms with Gasteiger partial charge in [-0.2, -0.15) is 0 Å². The Morgan fingerprint density at radius 3 is 2.35 bits per heavy atom. The van der Waals surface area contributed by atoms with Crippen LogP contribution in [0.4, 0.5) is 24.7 Å². The summed E-state index contributed by atoms with van der Waals surface area (Å²) in [5.74, 6) is -1.40. The van der Waals surface area contributed by atoms with Crippen LogP contribution in [0.1, 0.15) is 17.4 Å². The summed E-state index contributed by atoms with van der Waals surface area (Å²) >= 11 is 0. The number of nitrogen functional groups attached to an aromatic ring is 1. The molecule has 0 aliphatic rings. The van der Waals surface area contributed by atoms with E-state index in [-0.39, 0.29) is 33.5 Å². The third-order valence-corrected chi connectivity index (χ3v) is 5.62. The Hall–Kier alpha value is -3.06. The number of nitrogens with zero attached hydrogens (tertiary/aromatic N) is 2. The Kier molecular flexibility index (Phi) is 7.01. The van der Waals surface area contributed by atoms with Crippen LogP contribution in [0, 0.1) is 0 Å². The fourth-order valence-electron chi connectivity index (χ4n) is 2.47. The van der Waals surface area contributed by atoms with Crippen molar-refractivity contribution in [2.75, 3.05) is 31.3 Å². The van der Waals surface area contributed by atoms with Crippen LogP contribution in [0.25, 0.3) is 0 Å². The molecule has 1 amide bonds. The number of ether oxygens (including phenoxy) is 1. The van der Waals surface area contributed by atoms with Crippen LogP contribution in [0.5, 0.6) is 5.75 Å². The van der Waals surface area contributed by atoms with E-state index in [2.05, 4.69) is 15.0 Å². The first-order valence-electron chi connectivity index (χ1n) is 8.77. The maximum Gasteiger partial charge on any atom is 0.573 e. The fraction of sp³-hybridized carbons (Fsp3) is 0.333. The Morgan fingerprint density at radius 1 is 1.29 bits per heavy atom. The molecule has 1 heterocycles. The largest absolute Gasteiger partial charge is 0.573 e. The number of nitrogens with two attached hydrogens (primary N) is 1. The second-order valence-electron chi connectivity index (χ2n) is 6.72. The monoisotopic (exact) mass is 462 g/mol. The molecule has 0 bridgehead atoms. The van der Waals surface area contributed by atoms with E-state index >= 15 is 0 Å². The molecule has 1 aromatic heterocycles. The van der Waals surface area contributed by atoms with Crippen molar-refractivity contribution in [1.29, 1.82) is 0 Å². The van der Waals surface area contributed by atoms with Crippen molar-refractivity contribution < 1.29 is 36.2 Å². The molecule has 2 rings (SSSR count). The number of carbonyl (C=O) groups excluding carboxylic acids is 1. The number of halogens is 3. The maximum absolute atomic E-state index is 13.1. The Labute approximate surface area is 176 Å². The molecule has 1 aromatic carbocycles. The van der Waals surface area contributed by atoms with Crippen LogP contribution in [0.3, 0.4) is 0 Å². The minimum absolute atomic E-state index is 0.0658. The Balaban J connectivity index is 2.48. The molecule has 0 saturated heterocycles. The van der Waals surface area contributed by atoms with Crippen LogP contribution in [-0.4, -0.2) is 57.5 Å². The predicted octanol–water partition coefficient (Wildman–Crippen LogP) is 1.57. The number of hydrogen-bond acceptors (Lipinski definition) is 8. The zero-order valence-electron chi connectivity index (χ0n) is 16.8. The van der Waals surface area contributed by atoms with E-state index in [0.29, 0.717) is 0 Å². The number of hydrogen-bond donors (Lipinski definition) is 3. The average Bonchev–Trinajstić information content (AvgIpc) is 2.64. The number of aliphatic hydroxyl groups excluding tert-OH is 1. The molecule has 0 saturated carbocycles. The Bertz CT molecular complexity index is 1060. The van der Waals surface area contributed by atoms with E-state index in [4.69, 9.17) is 5.73 Å². The topological polar surface area (TPSA) is 135 Å². The fourth-order valence-corrected chi connectivity index (χ4v) is 3.97. The summed E-state index contributed by atoms with van der Waals surface area (Å²) in [7, 11) is -1.27. The molecule has 0 unspecified atom stereocenters. The van der Waals surface area contributed by atoms with Gasteiger partial charge >= 0.3 is 6.36 Å². The molecule has 4 N–H and O–H groups in total. The number of aliphatic hydroxyl groups is 1. The van der Waals surface area contributed by atoms with E-state index in [1.54, 1.807) is 0 Å². The Morgan fingerprint density at radius 2 is 1.87 bits per heavy atom. The standard InChI is InChI=1S/C18H21F3N4O5S/c1-10(26)9-23-17(27)15-13(22)8-14(16(24-15)25(2)3)31(28,29)12-6-4-11(5-7-12)30-18(19,20)21/h4-8,10,26H,9,22H2,1-3H3,(H,23,27)/t10-/m0/s1. The molecular weight excluding hydrogens is 441 g/mol. The van der Waals surface area contributed by atoms with Crippen molar-refractivity contribution in [3.05, 3.63) is 36.0 Å². The van der Waals surface area contributed by atoms with E-state index in [0.717, 1.165) is 30.3 Å². The van der Waals surface area contributed by atoms with Gasteiger partial charge in [-0.3, -0.25) is 4.79 Å². The quantitative estimate of drug-likeness (QED) is 0.565. The van der Waals surface area contributed by atoms with Crippen molar-refractivity contribution in [2.24, 2.45) is 0 Å².